The number of rotatable bonds is 8. The second kappa shape index (κ2) is 8.35. The Labute approximate surface area is 115 Å². The van der Waals surface area contributed by atoms with Crippen LogP contribution in [0.4, 0.5) is 5.69 Å². The van der Waals surface area contributed by atoms with Gasteiger partial charge in [-0.2, -0.15) is 0 Å². The first-order valence-corrected chi connectivity index (χ1v) is 6.83. The maximum absolute atomic E-state index is 6.30. The van der Waals surface area contributed by atoms with Crippen molar-refractivity contribution >= 4 is 17.3 Å². The fourth-order valence-electron chi connectivity index (χ4n) is 1.81. The van der Waals surface area contributed by atoms with Gasteiger partial charge in [-0.3, -0.25) is 0 Å². The van der Waals surface area contributed by atoms with Crippen LogP contribution in [0.2, 0.25) is 5.02 Å². The summed E-state index contributed by atoms with van der Waals surface area (Å²) in [4.78, 5) is 2.26. The molecule has 0 aliphatic heterocycles. The number of nitrogens with zero attached hydrogens (tertiary/aromatic N) is 1. The van der Waals surface area contributed by atoms with Crippen LogP contribution in [0.1, 0.15) is 19.4 Å². The molecule has 1 aromatic rings. The normalized spacial score (nSPS) is 10.7. The Bertz CT molecular complexity index is 358. The number of hydrogen-bond acceptors (Lipinski definition) is 3. The predicted molar refractivity (Wildman–Crippen MR) is 78.6 cm³/mol. The van der Waals surface area contributed by atoms with E-state index in [0.29, 0.717) is 0 Å². The molecule has 18 heavy (non-hydrogen) atoms. The molecule has 1 rings (SSSR count). The van der Waals surface area contributed by atoms with E-state index in [1.165, 1.54) is 0 Å². The average Bonchev–Trinajstić information content (AvgIpc) is 2.38. The summed E-state index contributed by atoms with van der Waals surface area (Å²) in [6.45, 7) is 8.56. The zero-order valence-corrected chi connectivity index (χ0v) is 12.3. The van der Waals surface area contributed by atoms with Gasteiger partial charge < -0.3 is 15.0 Å². The number of methoxy groups -OCH3 is 1. The topological polar surface area (TPSA) is 24.5 Å². The van der Waals surface area contributed by atoms with Crippen LogP contribution in [0, 0.1) is 0 Å². The molecule has 0 saturated heterocycles. The van der Waals surface area contributed by atoms with Crippen molar-refractivity contribution < 1.29 is 4.74 Å². The van der Waals surface area contributed by atoms with Crippen LogP contribution in [-0.2, 0) is 11.3 Å². The minimum atomic E-state index is 0.727. The van der Waals surface area contributed by atoms with E-state index in [0.717, 1.165) is 49.1 Å². The van der Waals surface area contributed by atoms with Gasteiger partial charge in [0.15, 0.2) is 0 Å². The Morgan fingerprint density at radius 2 is 2.11 bits per heavy atom. The molecule has 0 amide bonds. The fourth-order valence-corrected chi connectivity index (χ4v) is 2.05. The molecule has 0 unspecified atom stereocenters. The van der Waals surface area contributed by atoms with Gasteiger partial charge in [0, 0.05) is 37.5 Å². The summed E-state index contributed by atoms with van der Waals surface area (Å²) >= 11 is 6.30. The molecule has 0 bridgehead atoms. The number of halogens is 1. The summed E-state index contributed by atoms with van der Waals surface area (Å²) in [5, 5.41) is 4.11. The zero-order chi connectivity index (χ0) is 13.4. The Balaban J connectivity index is 2.74. The molecule has 0 heterocycles. The highest BCUT2D eigenvalue weighted by atomic mass is 35.5. The van der Waals surface area contributed by atoms with Crippen LogP contribution in [-0.4, -0.2) is 33.4 Å². The van der Waals surface area contributed by atoms with Gasteiger partial charge in [0.1, 0.15) is 0 Å². The molecule has 1 aromatic carbocycles. The third kappa shape index (κ3) is 4.48. The molecular weight excluding hydrogens is 248 g/mol. The van der Waals surface area contributed by atoms with Crippen LogP contribution in [0.15, 0.2) is 18.2 Å². The van der Waals surface area contributed by atoms with Gasteiger partial charge in [0.05, 0.1) is 6.61 Å². The van der Waals surface area contributed by atoms with E-state index in [1.54, 1.807) is 7.11 Å². The van der Waals surface area contributed by atoms with Crippen molar-refractivity contribution in [3.05, 3.63) is 28.8 Å². The summed E-state index contributed by atoms with van der Waals surface area (Å²) in [7, 11) is 1.72. The van der Waals surface area contributed by atoms with Crippen molar-refractivity contribution in [3.8, 4) is 0 Å². The molecule has 0 saturated carbocycles. The highest BCUT2D eigenvalue weighted by molar-refractivity contribution is 6.31. The quantitative estimate of drug-likeness (QED) is 0.786. The van der Waals surface area contributed by atoms with Crippen LogP contribution >= 0.6 is 11.6 Å². The second-order valence-electron chi connectivity index (χ2n) is 4.13. The first-order chi connectivity index (χ1) is 8.72. The Morgan fingerprint density at radius 3 is 2.67 bits per heavy atom. The van der Waals surface area contributed by atoms with E-state index in [9.17, 15) is 0 Å². The van der Waals surface area contributed by atoms with Crippen molar-refractivity contribution in [2.24, 2.45) is 0 Å². The van der Waals surface area contributed by atoms with Crippen molar-refractivity contribution in [1.82, 2.24) is 5.32 Å². The maximum Gasteiger partial charge on any atom is 0.0637 e. The molecule has 4 heteroatoms. The summed E-state index contributed by atoms with van der Waals surface area (Å²) in [6, 6.07) is 6.25. The molecule has 102 valence electrons. The molecule has 0 spiro atoms. The molecule has 0 atom stereocenters. The van der Waals surface area contributed by atoms with Crippen LogP contribution in [0.3, 0.4) is 0 Å². The zero-order valence-electron chi connectivity index (χ0n) is 11.5. The van der Waals surface area contributed by atoms with Crippen molar-refractivity contribution in [1.29, 1.82) is 0 Å². The lowest BCUT2D eigenvalue weighted by Crippen LogP contribution is -2.26. The van der Waals surface area contributed by atoms with Gasteiger partial charge in [-0.25, -0.2) is 0 Å². The fraction of sp³-hybridized carbons (Fsp3) is 0.571. The van der Waals surface area contributed by atoms with Crippen LogP contribution in [0.5, 0.6) is 0 Å². The highest BCUT2D eigenvalue weighted by Gasteiger charge is 2.07. The summed E-state index contributed by atoms with van der Waals surface area (Å²) in [6.07, 6.45) is 0. The van der Waals surface area contributed by atoms with E-state index in [-0.39, 0.29) is 0 Å². The number of nitrogens with one attached hydrogen (secondary N) is 1. The van der Waals surface area contributed by atoms with E-state index >= 15 is 0 Å². The standard InChI is InChI=1S/C14H23ClN2O/c1-4-16-11-12-6-7-13(10-14(12)15)17(5-2)8-9-18-3/h6-7,10,16H,4-5,8-9,11H2,1-3H3. The molecule has 0 aromatic heterocycles. The monoisotopic (exact) mass is 270 g/mol. The van der Waals surface area contributed by atoms with Gasteiger partial charge in [0.2, 0.25) is 0 Å². The van der Waals surface area contributed by atoms with E-state index < -0.39 is 0 Å². The lowest BCUT2D eigenvalue weighted by atomic mass is 10.2. The number of likely N-dealkylation sites (N-methyl/N-ethyl adjacent to an activating group) is 1. The molecule has 0 aliphatic carbocycles. The molecule has 1 N–H and O–H groups in total. The lowest BCUT2D eigenvalue weighted by molar-refractivity contribution is 0.205. The largest absolute Gasteiger partial charge is 0.383 e. The Hall–Kier alpha value is -0.770. The molecule has 0 fully saturated rings. The average molecular weight is 271 g/mol. The van der Waals surface area contributed by atoms with Gasteiger partial charge in [0.25, 0.3) is 0 Å². The van der Waals surface area contributed by atoms with E-state index in [4.69, 9.17) is 16.3 Å². The highest BCUT2D eigenvalue weighted by Crippen LogP contribution is 2.23. The molecular formula is C14H23ClN2O. The van der Waals surface area contributed by atoms with E-state index in [1.807, 2.05) is 6.07 Å². The van der Waals surface area contributed by atoms with Crippen molar-refractivity contribution in [2.45, 2.75) is 20.4 Å². The third-order valence-corrected chi connectivity index (χ3v) is 3.27. The van der Waals surface area contributed by atoms with Gasteiger partial charge >= 0.3 is 0 Å². The summed E-state index contributed by atoms with van der Waals surface area (Å²) < 4.78 is 5.12. The van der Waals surface area contributed by atoms with Gasteiger partial charge in [-0.15, -0.1) is 0 Å². The lowest BCUT2D eigenvalue weighted by Gasteiger charge is -2.23. The predicted octanol–water partition coefficient (Wildman–Crippen LogP) is 2.92. The van der Waals surface area contributed by atoms with Crippen molar-refractivity contribution in [3.63, 3.8) is 0 Å². The van der Waals surface area contributed by atoms with Crippen LogP contribution in [0.25, 0.3) is 0 Å². The van der Waals surface area contributed by atoms with Crippen molar-refractivity contribution in [2.75, 3.05) is 38.3 Å². The third-order valence-electron chi connectivity index (χ3n) is 2.91. The summed E-state index contributed by atoms with van der Waals surface area (Å²) in [5.74, 6) is 0. The number of anilines is 1. The maximum atomic E-state index is 6.30. The van der Waals surface area contributed by atoms with Crippen LogP contribution < -0.4 is 10.2 Å². The number of benzene rings is 1. The molecule has 0 aliphatic rings. The smallest absolute Gasteiger partial charge is 0.0637 e. The second-order valence-corrected chi connectivity index (χ2v) is 4.54. The number of hydrogen-bond donors (Lipinski definition) is 1. The minimum absolute atomic E-state index is 0.727. The molecule has 3 nitrogen and oxygen atoms in total. The summed E-state index contributed by atoms with van der Waals surface area (Å²) in [5.41, 5.74) is 2.30. The minimum Gasteiger partial charge on any atom is -0.383 e. The Kier molecular flexibility index (Phi) is 7.09. The van der Waals surface area contributed by atoms with Gasteiger partial charge in [-0.1, -0.05) is 24.6 Å². The Morgan fingerprint density at radius 1 is 1.33 bits per heavy atom. The van der Waals surface area contributed by atoms with Gasteiger partial charge in [-0.05, 0) is 31.2 Å². The molecule has 0 radical (unpaired) electrons. The first kappa shape index (κ1) is 15.3. The number of ether oxygens (including phenoxy) is 1. The van der Waals surface area contributed by atoms with E-state index in [2.05, 4.69) is 36.2 Å². The SMILES string of the molecule is CCNCc1ccc(N(CC)CCOC)cc1Cl. The first-order valence-electron chi connectivity index (χ1n) is 6.45.